The average molecular weight is 497 g/mol. The van der Waals surface area contributed by atoms with Crippen LogP contribution in [0.15, 0.2) is 18.2 Å². The summed E-state index contributed by atoms with van der Waals surface area (Å²) in [6.45, 7) is 11.1. The van der Waals surface area contributed by atoms with Gasteiger partial charge in [-0.2, -0.15) is 8.42 Å². The van der Waals surface area contributed by atoms with Crippen molar-refractivity contribution in [3.8, 4) is 0 Å². The molecule has 1 aromatic carbocycles. The highest BCUT2D eigenvalue weighted by atomic mass is 32.3. The maximum atomic E-state index is 13.7. The number of fused-ring (bicyclic) bond motifs is 1. The molecule has 0 saturated heterocycles. The lowest BCUT2D eigenvalue weighted by Crippen LogP contribution is -2.35. The second-order valence-electron chi connectivity index (χ2n) is 7.60. The fraction of sp³-hybridized carbons (Fsp3) is 0.364. The third-order valence-electron chi connectivity index (χ3n) is 5.36. The van der Waals surface area contributed by atoms with Crippen molar-refractivity contribution >= 4 is 39.5 Å². The Balaban J connectivity index is 0.000000739. The van der Waals surface area contributed by atoms with Gasteiger partial charge < -0.3 is 20.5 Å². The van der Waals surface area contributed by atoms with Crippen LogP contribution in [-0.4, -0.2) is 65.4 Å². The van der Waals surface area contributed by atoms with Gasteiger partial charge in [0.05, 0.1) is 11.1 Å². The monoisotopic (exact) mass is 496 g/mol. The SMILES string of the molecule is CCN(CC)CCNC(=O)c1c(C)[nH]c(/C=C2\C(=O)Nc3ccc(F)cc32)c1C.O=S(=O)(O)O. The molecule has 2 amide bonds. The molecule has 0 spiro atoms. The van der Waals surface area contributed by atoms with Gasteiger partial charge >= 0.3 is 10.4 Å². The number of carbonyl (C=O) groups is 2. The molecule has 34 heavy (non-hydrogen) atoms. The number of aryl methyl sites for hydroxylation is 1. The Kier molecular flexibility index (Phi) is 9.10. The summed E-state index contributed by atoms with van der Waals surface area (Å²) in [4.78, 5) is 30.5. The maximum Gasteiger partial charge on any atom is 0.394 e. The average Bonchev–Trinajstić information content (AvgIpc) is 3.19. The van der Waals surface area contributed by atoms with Crippen LogP contribution in [0.1, 0.15) is 46.7 Å². The zero-order valence-corrected chi connectivity index (χ0v) is 20.2. The van der Waals surface area contributed by atoms with Crippen LogP contribution < -0.4 is 10.6 Å². The number of anilines is 1. The summed E-state index contributed by atoms with van der Waals surface area (Å²) in [5.41, 5.74) is 4.20. The molecule has 0 bridgehead atoms. The highest BCUT2D eigenvalue weighted by Crippen LogP contribution is 2.34. The molecule has 0 unspecified atom stereocenters. The van der Waals surface area contributed by atoms with Crippen molar-refractivity contribution in [3.05, 3.63) is 52.1 Å². The van der Waals surface area contributed by atoms with E-state index in [1.807, 2.05) is 13.8 Å². The molecule has 0 radical (unpaired) electrons. The van der Waals surface area contributed by atoms with Gasteiger partial charge in [-0.3, -0.25) is 18.7 Å². The zero-order chi connectivity index (χ0) is 25.6. The minimum atomic E-state index is -4.67. The number of rotatable bonds is 7. The summed E-state index contributed by atoms with van der Waals surface area (Å²) in [6.07, 6.45) is 1.68. The standard InChI is InChI=1S/C22H27FN4O2.H2O4S/c1-5-27(6-2)10-9-24-22(29)20-13(3)19(25-14(20)4)12-17-16-11-15(23)7-8-18(16)26-21(17)28;1-5(2,3)4/h7-8,11-12,25H,5-6,9-10H2,1-4H3,(H,24,29)(H,26,28);(H2,1,2,3,4)/b17-12-;. The van der Waals surface area contributed by atoms with Gasteiger partial charge in [0, 0.05) is 35.7 Å². The van der Waals surface area contributed by atoms with Crippen molar-refractivity contribution < 1.29 is 31.5 Å². The number of amides is 2. The Morgan fingerprint density at radius 1 is 1.21 bits per heavy atom. The highest BCUT2D eigenvalue weighted by Gasteiger charge is 2.26. The first-order chi connectivity index (χ1) is 15.8. The van der Waals surface area contributed by atoms with Crippen LogP contribution >= 0.6 is 0 Å². The number of H-pyrrole nitrogens is 1. The van der Waals surface area contributed by atoms with Crippen molar-refractivity contribution in [2.75, 3.05) is 31.5 Å². The van der Waals surface area contributed by atoms with Gasteiger partial charge in [0.1, 0.15) is 5.82 Å². The molecule has 186 valence electrons. The number of aromatic amines is 1. The number of hydrogen-bond donors (Lipinski definition) is 5. The number of nitrogens with zero attached hydrogens (tertiary/aromatic N) is 1. The van der Waals surface area contributed by atoms with Gasteiger partial charge in [-0.25, -0.2) is 4.39 Å². The lowest BCUT2D eigenvalue weighted by atomic mass is 10.0. The van der Waals surface area contributed by atoms with E-state index in [1.165, 1.54) is 12.1 Å². The van der Waals surface area contributed by atoms with Crippen LogP contribution in [-0.2, 0) is 15.2 Å². The normalized spacial score (nSPS) is 14.0. The van der Waals surface area contributed by atoms with Gasteiger partial charge in [-0.15, -0.1) is 0 Å². The van der Waals surface area contributed by atoms with E-state index in [9.17, 15) is 14.0 Å². The fourth-order valence-electron chi connectivity index (χ4n) is 3.66. The minimum absolute atomic E-state index is 0.143. The Morgan fingerprint density at radius 2 is 1.82 bits per heavy atom. The number of carbonyl (C=O) groups excluding carboxylic acids is 2. The van der Waals surface area contributed by atoms with Crippen molar-refractivity contribution in [2.24, 2.45) is 0 Å². The molecule has 0 aliphatic carbocycles. The molecule has 5 N–H and O–H groups in total. The van der Waals surface area contributed by atoms with Gasteiger partial charge in [0.25, 0.3) is 11.8 Å². The van der Waals surface area contributed by atoms with Crippen LogP contribution in [0.2, 0.25) is 0 Å². The van der Waals surface area contributed by atoms with Gasteiger partial charge in [0.2, 0.25) is 0 Å². The summed E-state index contributed by atoms with van der Waals surface area (Å²) >= 11 is 0. The van der Waals surface area contributed by atoms with E-state index in [2.05, 4.69) is 34.4 Å². The molecular formula is C22H29FN4O6S. The van der Waals surface area contributed by atoms with Crippen molar-refractivity contribution in [2.45, 2.75) is 27.7 Å². The lowest BCUT2D eigenvalue weighted by Gasteiger charge is -2.18. The second-order valence-corrected chi connectivity index (χ2v) is 8.49. The van der Waals surface area contributed by atoms with Crippen LogP contribution in [0.25, 0.3) is 11.6 Å². The van der Waals surface area contributed by atoms with Gasteiger partial charge in [0.15, 0.2) is 0 Å². The predicted octanol–water partition coefficient (Wildman–Crippen LogP) is 2.68. The topological polar surface area (TPSA) is 152 Å². The molecule has 0 atom stereocenters. The number of aromatic nitrogens is 1. The highest BCUT2D eigenvalue weighted by molar-refractivity contribution is 7.79. The van der Waals surface area contributed by atoms with E-state index < -0.39 is 16.2 Å². The molecule has 1 aliphatic heterocycles. The number of nitrogens with one attached hydrogen (secondary N) is 3. The van der Waals surface area contributed by atoms with E-state index in [1.54, 1.807) is 12.1 Å². The molecule has 1 aromatic heterocycles. The molecule has 2 heterocycles. The number of halogens is 1. The summed E-state index contributed by atoms with van der Waals surface area (Å²) in [6, 6.07) is 4.20. The summed E-state index contributed by atoms with van der Waals surface area (Å²) in [5, 5.41) is 5.70. The largest absolute Gasteiger partial charge is 0.394 e. The fourth-order valence-corrected chi connectivity index (χ4v) is 3.66. The predicted molar refractivity (Wildman–Crippen MR) is 127 cm³/mol. The van der Waals surface area contributed by atoms with Gasteiger partial charge in [-0.1, -0.05) is 13.8 Å². The van der Waals surface area contributed by atoms with E-state index in [-0.39, 0.29) is 11.8 Å². The first-order valence-corrected chi connectivity index (χ1v) is 12.0. The Bertz CT molecular complexity index is 1190. The lowest BCUT2D eigenvalue weighted by molar-refractivity contribution is -0.110. The van der Waals surface area contributed by atoms with Crippen LogP contribution in [0, 0.1) is 19.7 Å². The molecule has 0 fully saturated rings. The Morgan fingerprint density at radius 3 is 2.41 bits per heavy atom. The van der Waals surface area contributed by atoms with E-state index >= 15 is 0 Å². The molecule has 10 nitrogen and oxygen atoms in total. The summed E-state index contributed by atoms with van der Waals surface area (Å²) in [7, 11) is -4.67. The maximum absolute atomic E-state index is 13.7. The van der Waals surface area contributed by atoms with E-state index in [0.29, 0.717) is 34.6 Å². The minimum Gasteiger partial charge on any atom is -0.358 e. The molecule has 3 rings (SSSR count). The molecule has 2 aromatic rings. The van der Waals surface area contributed by atoms with Crippen LogP contribution in [0.3, 0.4) is 0 Å². The number of benzene rings is 1. The van der Waals surface area contributed by atoms with E-state index in [4.69, 9.17) is 17.5 Å². The Labute approximate surface area is 197 Å². The van der Waals surface area contributed by atoms with Crippen molar-refractivity contribution in [1.29, 1.82) is 0 Å². The summed E-state index contributed by atoms with van der Waals surface area (Å²) in [5.74, 6) is -0.836. The number of likely N-dealkylation sites (N-methyl/N-ethyl adjacent to an activating group) is 1. The number of hydrogen-bond acceptors (Lipinski definition) is 5. The second kappa shape index (κ2) is 11.4. The Hall–Kier alpha value is -3.06. The van der Waals surface area contributed by atoms with Crippen LogP contribution in [0.4, 0.5) is 10.1 Å². The third kappa shape index (κ3) is 7.22. The molecule has 1 aliphatic rings. The van der Waals surface area contributed by atoms with Crippen molar-refractivity contribution in [3.63, 3.8) is 0 Å². The summed E-state index contributed by atoms with van der Waals surface area (Å²) < 4.78 is 45.2. The van der Waals surface area contributed by atoms with Crippen LogP contribution in [0.5, 0.6) is 0 Å². The first-order valence-electron chi connectivity index (χ1n) is 10.6. The van der Waals surface area contributed by atoms with Crippen molar-refractivity contribution in [1.82, 2.24) is 15.2 Å². The van der Waals surface area contributed by atoms with Gasteiger partial charge in [-0.05, 0) is 56.8 Å². The third-order valence-corrected chi connectivity index (χ3v) is 5.36. The smallest absolute Gasteiger partial charge is 0.358 e. The molecular weight excluding hydrogens is 467 g/mol. The zero-order valence-electron chi connectivity index (χ0n) is 19.4. The molecule has 0 saturated carbocycles. The quantitative estimate of drug-likeness (QED) is 0.292. The molecule has 12 heteroatoms. The van der Waals surface area contributed by atoms with E-state index in [0.717, 1.165) is 30.9 Å². The first kappa shape index (κ1) is 27.2.